The number of aromatic carboxylic acids is 1. The maximum Gasteiger partial charge on any atom is 0.335 e. The molecule has 0 radical (unpaired) electrons. The van der Waals surface area contributed by atoms with Crippen molar-refractivity contribution in [2.75, 3.05) is 13.6 Å². The number of carbonyl (C=O) groups is 1. The first-order chi connectivity index (χ1) is 9.15. The van der Waals surface area contributed by atoms with E-state index in [0.29, 0.717) is 5.65 Å². The van der Waals surface area contributed by atoms with Crippen LogP contribution in [0.15, 0.2) is 18.3 Å². The number of pyridine rings is 1. The molecule has 1 aliphatic rings. The molecule has 3 heterocycles. The van der Waals surface area contributed by atoms with Gasteiger partial charge in [-0.05, 0) is 38.6 Å². The van der Waals surface area contributed by atoms with Crippen molar-refractivity contribution in [2.24, 2.45) is 0 Å². The molecule has 6 heteroatoms. The molecule has 0 amide bonds. The van der Waals surface area contributed by atoms with Gasteiger partial charge in [0.25, 0.3) is 0 Å². The van der Waals surface area contributed by atoms with Gasteiger partial charge >= 0.3 is 5.97 Å². The first-order valence-corrected chi connectivity index (χ1v) is 6.45. The van der Waals surface area contributed by atoms with Crippen LogP contribution in [0.5, 0.6) is 0 Å². The molecule has 100 valence electrons. The van der Waals surface area contributed by atoms with Crippen LogP contribution in [-0.4, -0.2) is 44.2 Å². The summed E-state index contributed by atoms with van der Waals surface area (Å²) in [4.78, 5) is 17.7. The number of hydrogen-bond donors (Lipinski definition) is 1. The van der Waals surface area contributed by atoms with Crippen LogP contribution in [-0.2, 0) is 0 Å². The zero-order valence-electron chi connectivity index (χ0n) is 10.8. The van der Waals surface area contributed by atoms with Crippen LogP contribution < -0.4 is 0 Å². The Morgan fingerprint density at radius 3 is 3.05 bits per heavy atom. The fraction of sp³-hybridized carbons (Fsp3) is 0.462. The number of likely N-dealkylation sites (tertiary alicyclic amines) is 1. The van der Waals surface area contributed by atoms with Gasteiger partial charge in [-0.2, -0.15) is 0 Å². The van der Waals surface area contributed by atoms with E-state index in [0.717, 1.165) is 18.8 Å². The van der Waals surface area contributed by atoms with Crippen LogP contribution in [0.2, 0.25) is 0 Å². The molecule has 19 heavy (non-hydrogen) atoms. The molecule has 1 saturated heterocycles. The van der Waals surface area contributed by atoms with Crippen LogP contribution in [0.3, 0.4) is 0 Å². The average Bonchev–Trinajstić information content (AvgIpc) is 2.81. The van der Waals surface area contributed by atoms with Crippen LogP contribution >= 0.6 is 0 Å². The first kappa shape index (κ1) is 12.1. The SMILES string of the molecule is CN1CCCCC1c1nc2cc(C(=O)O)ccn2n1. The molecule has 3 rings (SSSR count). The number of piperidine rings is 1. The summed E-state index contributed by atoms with van der Waals surface area (Å²) in [6, 6.07) is 3.34. The van der Waals surface area contributed by atoms with Crippen molar-refractivity contribution in [2.45, 2.75) is 25.3 Å². The Morgan fingerprint density at radius 2 is 2.32 bits per heavy atom. The first-order valence-electron chi connectivity index (χ1n) is 6.45. The average molecular weight is 260 g/mol. The second-order valence-electron chi connectivity index (χ2n) is 4.99. The third-order valence-corrected chi connectivity index (χ3v) is 3.67. The number of carboxylic acids is 1. The second kappa shape index (κ2) is 4.62. The maximum atomic E-state index is 10.9. The van der Waals surface area contributed by atoms with E-state index in [4.69, 9.17) is 5.11 Å². The number of nitrogens with zero attached hydrogens (tertiary/aromatic N) is 4. The number of fused-ring (bicyclic) bond motifs is 1. The van der Waals surface area contributed by atoms with Gasteiger partial charge < -0.3 is 5.11 Å². The van der Waals surface area contributed by atoms with Crippen LogP contribution in [0.25, 0.3) is 5.65 Å². The molecular formula is C13H16N4O2. The predicted molar refractivity (Wildman–Crippen MR) is 69.2 cm³/mol. The standard InChI is InChI=1S/C13H16N4O2/c1-16-6-3-2-4-10(16)12-14-11-8-9(13(18)19)5-7-17(11)15-12/h5,7-8,10H,2-4,6H2,1H3,(H,18,19). The molecule has 1 aliphatic heterocycles. The maximum absolute atomic E-state index is 10.9. The summed E-state index contributed by atoms with van der Waals surface area (Å²) in [5, 5.41) is 13.4. The minimum absolute atomic E-state index is 0.238. The Morgan fingerprint density at radius 1 is 1.47 bits per heavy atom. The zero-order chi connectivity index (χ0) is 13.4. The van der Waals surface area contributed by atoms with Crippen molar-refractivity contribution in [3.63, 3.8) is 0 Å². The molecule has 0 spiro atoms. The van der Waals surface area contributed by atoms with Gasteiger partial charge in [0.05, 0.1) is 11.6 Å². The van der Waals surface area contributed by atoms with Crippen molar-refractivity contribution in [3.05, 3.63) is 29.7 Å². The lowest BCUT2D eigenvalue weighted by atomic mass is 10.0. The highest BCUT2D eigenvalue weighted by atomic mass is 16.4. The molecule has 0 bridgehead atoms. The van der Waals surface area contributed by atoms with Crippen LogP contribution in [0.4, 0.5) is 0 Å². The van der Waals surface area contributed by atoms with E-state index in [1.165, 1.54) is 12.8 Å². The van der Waals surface area contributed by atoms with Crippen molar-refractivity contribution in [1.29, 1.82) is 0 Å². The van der Waals surface area contributed by atoms with Gasteiger partial charge in [-0.25, -0.2) is 14.3 Å². The van der Waals surface area contributed by atoms with Gasteiger partial charge in [0, 0.05) is 6.20 Å². The highest BCUT2D eigenvalue weighted by Crippen LogP contribution is 2.27. The van der Waals surface area contributed by atoms with Gasteiger partial charge in [-0.3, -0.25) is 4.90 Å². The summed E-state index contributed by atoms with van der Waals surface area (Å²) in [6.45, 7) is 1.06. The molecule has 0 saturated carbocycles. The Hall–Kier alpha value is -1.95. The summed E-state index contributed by atoms with van der Waals surface area (Å²) < 4.78 is 1.64. The monoisotopic (exact) mass is 260 g/mol. The minimum atomic E-state index is -0.943. The second-order valence-corrected chi connectivity index (χ2v) is 4.99. The fourth-order valence-electron chi connectivity index (χ4n) is 2.57. The Bertz CT molecular complexity index is 622. The number of hydrogen-bond acceptors (Lipinski definition) is 4. The van der Waals surface area contributed by atoms with Crippen molar-refractivity contribution in [3.8, 4) is 0 Å². The zero-order valence-corrected chi connectivity index (χ0v) is 10.8. The number of rotatable bonds is 2. The van der Waals surface area contributed by atoms with E-state index in [1.807, 2.05) is 0 Å². The van der Waals surface area contributed by atoms with Gasteiger partial charge in [-0.1, -0.05) is 6.42 Å². The highest BCUT2D eigenvalue weighted by Gasteiger charge is 2.24. The summed E-state index contributed by atoms with van der Waals surface area (Å²) in [7, 11) is 2.08. The smallest absolute Gasteiger partial charge is 0.335 e. The molecule has 0 aromatic carbocycles. The summed E-state index contributed by atoms with van der Waals surface area (Å²) in [6.07, 6.45) is 5.10. The number of aromatic nitrogens is 3. The summed E-state index contributed by atoms with van der Waals surface area (Å²) in [5.41, 5.74) is 0.831. The fourth-order valence-corrected chi connectivity index (χ4v) is 2.57. The molecule has 1 atom stereocenters. The third-order valence-electron chi connectivity index (χ3n) is 3.67. The van der Waals surface area contributed by atoms with Crippen molar-refractivity contribution >= 4 is 11.6 Å². The van der Waals surface area contributed by atoms with Crippen LogP contribution in [0.1, 0.15) is 41.5 Å². The topological polar surface area (TPSA) is 70.7 Å². The lowest BCUT2D eigenvalue weighted by molar-refractivity contribution is 0.0697. The number of carboxylic acid groups (broad SMARTS) is 1. The van der Waals surface area contributed by atoms with Crippen molar-refractivity contribution < 1.29 is 9.90 Å². The van der Waals surface area contributed by atoms with E-state index in [1.54, 1.807) is 22.8 Å². The van der Waals surface area contributed by atoms with E-state index in [2.05, 4.69) is 22.0 Å². The molecule has 6 nitrogen and oxygen atoms in total. The van der Waals surface area contributed by atoms with E-state index < -0.39 is 5.97 Å². The van der Waals surface area contributed by atoms with Gasteiger partial charge in [0.15, 0.2) is 11.5 Å². The third kappa shape index (κ3) is 2.19. The van der Waals surface area contributed by atoms with E-state index >= 15 is 0 Å². The Kier molecular flexibility index (Phi) is 2.94. The molecule has 1 N–H and O–H groups in total. The summed E-state index contributed by atoms with van der Waals surface area (Å²) in [5.74, 6) is -0.161. The van der Waals surface area contributed by atoms with Crippen molar-refractivity contribution in [1.82, 2.24) is 19.5 Å². The molecule has 0 aliphatic carbocycles. The van der Waals surface area contributed by atoms with Crippen LogP contribution in [0, 0.1) is 0 Å². The largest absolute Gasteiger partial charge is 0.478 e. The lowest BCUT2D eigenvalue weighted by Gasteiger charge is -2.30. The molecular weight excluding hydrogens is 244 g/mol. The Labute approximate surface area is 110 Å². The van der Waals surface area contributed by atoms with E-state index in [9.17, 15) is 4.79 Å². The molecule has 1 unspecified atom stereocenters. The minimum Gasteiger partial charge on any atom is -0.478 e. The summed E-state index contributed by atoms with van der Waals surface area (Å²) >= 11 is 0. The normalized spacial score (nSPS) is 20.8. The van der Waals surface area contributed by atoms with Gasteiger partial charge in [0.1, 0.15) is 0 Å². The molecule has 1 fully saturated rings. The Balaban J connectivity index is 1.99. The lowest BCUT2D eigenvalue weighted by Crippen LogP contribution is -2.30. The van der Waals surface area contributed by atoms with Gasteiger partial charge in [0.2, 0.25) is 0 Å². The highest BCUT2D eigenvalue weighted by molar-refractivity contribution is 5.88. The molecule has 2 aromatic rings. The quantitative estimate of drug-likeness (QED) is 0.887. The molecule has 2 aromatic heterocycles. The predicted octanol–water partition coefficient (Wildman–Crippen LogP) is 1.58. The van der Waals surface area contributed by atoms with E-state index in [-0.39, 0.29) is 11.6 Å². The van der Waals surface area contributed by atoms with Gasteiger partial charge in [-0.15, -0.1) is 5.10 Å².